The molecule has 3 heterocycles. The number of carbonyl (C=O) groups excluding carboxylic acids is 1. The molecule has 11 heteroatoms. The van der Waals surface area contributed by atoms with Gasteiger partial charge >= 0.3 is 5.76 Å². The lowest BCUT2D eigenvalue weighted by Crippen LogP contribution is -2.47. The molecule has 2 aromatic carbocycles. The maximum Gasteiger partial charge on any atom is 0.418 e. The van der Waals surface area contributed by atoms with Crippen LogP contribution in [0.4, 0.5) is 0 Å². The van der Waals surface area contributed by atoms with E-state index in [2.05, 4.69) is 16.7 Å². The quantitative estimate of drug-likeness (QED) is 0.510. The molecule has 2 saturated heterocycles. The fourth-order valence-corrected chi connectivity index (χ4v) is 4.86. The Labute approximate surface area is 206 Å². The minimum absolute atomic E-state index is 0.155. The van der Waals surface area contributed by atoms with Gasteiger partial charge in [-0.2, -0.15) is 5.26 Å². The van der Waals surface area contributed by atoms with Crippen LogP contribution in [0, 0.1) is 17.2 Å². The first kappa shape index (κ1) is 23.5. The molecular formula is C24H21B3N4O4. The van der Waals surface area contributed by atoms with Crippen LogP contribution in [0.3, 0.4) is 0 Å². The summed E-state index contributed by atoms with van der Waals surface area (Å²) in [5, 5.41) is 13.8. The Balaban J connectivity index is 1.28. The van der Waals surface area contributed by atoms with Gasteiger partial charge < -0.3 is 19.8 Å². The summed E-state index contributed by atoms with van der Waals surface area (Å²) < 4.78 is 11.6. The Morgan fingerprint density at radius 1 is 1.20 bits per heavy atom. The van der Waals surface area contributed by atoms with Gasteiger partial charge in [-0.05, 0) is 35.2 Å². The third kappa shape index (κ3) is 4.69. The predicted molar refractivity (Wildman–Crippen MR) is 132 cm³/mol. The van der Waals surface area contributed by atoms with Gasteiger partial charge in [0.2, 0.25) is 5.91 Å². The molecule has 1 aromatic heterocycles. The van der Waals surface area contributed by atoms with E-state index in [1.54, 1.807) is 12.1 Å². The van der Waals surface area contributed by atoms with E-state index in [0.717, 1.165) is 27.7 Å². The molecule has 2 aliphatic rings. The van der Waals surface area contributed by atoms with Crippen molar-refractivity contribution in [1.29, 1.82) is 5.26 Å². The Bertz CT molecular complexity index is 1340. The number of nitriles is 1. The van der Waals surface area contributed by atoms with Crippen molar-refractivity contribution in [1.82, 2.24) is 15.2 Å². The number of hydrogen-bond acceptors (Lipinski definition) is 6. The van der Waals surface area contributed by atoms with Crippen LogP contribution >= 0.6 is 0 Å². The van der Waals surface area contributed by atoms with Crippen LogP contribution < -0.4 is 16.4 Å². The molecule has 2 N–H and O–H groups in total. The van der Waals surface area contributed by atoms with Gasteiger partial charge in [-0.3, -0.25) is 9.36 Å². The minimum atomic E-state index is -1.90. The SMILES string of the molecule is [B]C([B])([B])n1c(=O)oc2ccc(-c3ccc(CC(C#N)NC(=O)C4CC5COCC5N4)cc3)cc21. The van der Waals surface area contributed by atoms with E-state index in [9.17, 15) is 14.9 Å². The highest BCUT2D eigenvalue weighted by Gasteiger charge is 2.41. The number of rotatable bonds is 6. The zero-order valence-electron chi connectivity index (χ0n) is 18.9. The third-order valence-electron chi connectivity index (χ3n) is 6.63. The molecule has 2 aliphatic heterocycles. The van der Waals surface area contributed by atoms with E-state index in [1.807, 2.05) is 30.3 Å². The van der Waals surface area contributed by atoms with Gasteiger partial charge in [-0.25, -0.2) is 4.79 Å². The summed E-state index contributed by atoms with van der Waals surface area (Å²) in [6, 6.07) is 14.2. The zero-order chi connectivity index (χ0) is 24.7. The monoisotopic (exact) mass is 462 g/mol. The molecule has 8 nitrogen and oxygen atoms in total. The predicted octanol–water partition coefficient (Wildman–Crippen LogP) is 0.263. The highest BCUT2D eigenvalue weighted by Crippen LogP contribution is 2.27. The number of ether oxygens (including phenoxy) is 1. The highest BCUT2D eigenvalue weighted by atomic mass is 16.5. The van der Waals surface area contributed by atoms with Gasteiger partial charge in [-0.15, -0.1) is 0 Å². The lowest BCUT2D eigenvalue weighted by atomic mass is 9.49. The van der Waals surface area contributed by atoms with Gasteiger partial charge in [0, 0.05) is 18.4 Å². The van der Waals surface area contributed by atoms with Crippen molar-refractivity contribution in [2.24, 2.45) is 5.92 Å². The number of amides is 1. The highest BCUT2D eigenvalue weighted by molar-refractivity contribution is 6.56. The lowest BCUT2D eigenvalue weighted by molar-refractivity contribution is -0.123. The van der Waals surface area contributed by atoms with Crippen LogP contribution in [0.1, 0.15) is 12.0 Å². The lowest BCUT2D eigenvalue weighted by Gasteiger charge is -2.21. The van der Waals surface area contributed by atoms with Crippen LogP contribution in [-0.4, -0.2) is 65.4 Å². The van der Waals surface area contributed by atoms with Gasteiger partial charge in [0.15, 0.2) is 5.58 Å². The summed E-state index contributed by atoms with van der Waals surface area (Å²) in [6.07, 6.45) is 1.10. The van der Waals surface area contributed by atoms with Crippen LogP contribution in [-0.2, 0) is 21.2 Å². The second-order valence-corrected chi connectivity index (χ2v) is 9.22. The molecular weight excluding hydrogens is 441 g/mol. The van der Waals surface area contributed by atoms with E-state index < -0.39 is 17.0 Å². The second-order valence-electron chi connectivity index (χ2n) is 9.22. The molecule has 0 spiro atoms. The number of benzene rings is 2. The summed E-state index contributed by atoms with van der Waals surface area (Å²) in [7, 11) is 17.2. The van der Waals surface area contributed by atoms with E-state index in [-0.39, 0.29) is 18.0 Å². The largest absolute Gasteiger partial charge is 0.418 e. The molecule has 35 heavy (non-hydrogen) atoms. The van der Waals surface area contributed by atoms with Crippen molar-refractivity contribution in [2.75, 3.05) is 13.2 Å². The van der Waals surface area contributed by atoms with Crippen molar-refractivity contribution in [3.63, 3.8) is 0 Å². The fourth-order valence-electron chi connectivity index (χ4n) is 4.86. The smallest absolute Gasteiger partial charge is 0.408 e. The van der Waals surface area contributed by atoms with Crippen LogP contribution in [0.15, 0.2) is 51.7 Å². The Morgan fingerprint density at radius 3 is 2.63 bits per heavy atom. The maximum absolute atomic E-state index is 12.7. The molecule has 4 atom stereocenters. The first-order valence-electron chi connectivity index (χ1n) is 11.4. The summed E-state index contributed by atoms with van der Waals surface area (Å²) in [4.78, 5) is 24.8. The third-order valence-corrected chi connectivity index (χ3v) is 6.63. The molecule has 0 bridgehead atoms. The fraction of sp³-hybridized carbons (Fsp3) is 0.375. The topological polar surface area (TPSA) is 109 Å². The Hall–Kier alpha value is -3.22. The van der Waals surface area contributed by atoms with E-state index in [0.29, 0.717) is 36.7 Å². The summed E-state index contributed by atoms with van der Waals surface area (Å²) in [6.45, 7) is 1.30. The van der Waals surface area contributed by atoms with Crippen molar-refractivity contribution in [3.8, 4) is 17.2 Å². The molecule has 1 amide bonds. The van der Waals surface area contributed by atoms with E-state index >= 15 is 0 Å². The van der Waals surface area contributed by atoms with Crippen LogP contribution in [0.25, 0.3) is 22.2 Å². The average molecular weight is 462 g/mol. The van der Waals surface area contributed by atoms with Gasteiger partial charge in [0.1, 0.15) is 6.04 Å². The van der Waals surface area contributed by atoms with E-state index in [4.69, 9.17) is 32.7 Å². The summed E-state index contributed by atoms with van der Waals surface area (Å²) in [5.41, 5.74) is 3.27. The molecule has 3 aromatic rings. The number of carbonyl (C=O) groups is 1. The normalized spacial score (nSPS) is 22.5. The van der Waals surface area contributed by atoms with Gasteiger partial charge in [-0.1, -0.05) is 35.6 Å². The minimum Gasteiger partial charge on any atom is -0.408 e. The number of oxazole rings is 1. The van der Waals surface area contributed by atoms with E-state index in [1.165, 1.54) is 0 Å². The van der Waals surface area contributed by atoms with Crippen molar-refractivity contribution in [3.05, 3.63) is 58.6 Å². The van der Waals surface area contributed by atoms with Crippen molar-refractivity contribution >= 4 is 40.5 Å². The molecule has 5 rings (SSSR count). The van der Waals surface area contributed by atoms with Gasteiger partial charge in [0.05, 0.1) is 54.4 Å². The standard InChI is InChI=1S/C24H21B3N4O4/c25-24(26,27)31-20-9-15(5-6-21(20)35-23(31)33)14-3-1-13(2-4-14)7-17(10-28)29-22(32)18-8-16-11-34-12-19(16)30-18/h1-6,9,16-19,30H,7-8,11-12H2,(H,29,32). The van der Waals surface area contributed by atoms with Gasteiger partial charge in [0.25, 0.3) is 0 Å². The summed E-state index contributed by atoms with van der Waals surface area (Å²) in [5.74, 6) is -0.544. The van der Waals surface area contributed by atoms with Crippen LogP contribution in [0.5, 0.6) is 0 Å². The number of fused-ring (bicyclic) bond motifs is 2. The number of aromatic nitrogens is 1. The molecule has 4 unspecified atom stereocenters. The van der Waals surface area contributed by atoms with Crippen molar-refractivity contribution < 1.29 is 13.9 Å². The maximum atomic E-state index is 12.7. The molecule has 170 valence electrons. The van der Waals surface area contributed by atoms with Crippen molar-refractivity contribution in [2.45, 2.75) is 36.2 Å². The number of nitrogens with zero attached hydrogens (tertiary/aromatic N) is 2. The first-order chi connectivity index (χ1) is 16.7. The Morgan fingerprint density at radius 2 is 1.94 bits per heavy atom. The molecule has 0 aliphatic carbocycles. The first-order valence-corrected chi connectivity index (χ1v) is 11.4. The molecule has 2 fully saturated rings. The zero-order valence-corrected chi connectivity index (χ0v) is 18.9. The Kier molecular flexibility index (Phi) is 6.12. The number of nitrogens with one attached hydrogen (secondary N) is 2. The average Bonchev–Trinajstić information content (AvgIpc) is 3.50. The van der Waals surface area contributed by atoms with Crippen LogP contribution in [0.2, 0.25) is 0 Å². The number of hydrogen-bond donors (Lipinski definition) is 2. The second kappa shape index (κ2) is 9.10. The summed E-state index contributed by atoms with van der Waals surface area (Å²) >= 11 is 0. The molecule has 6 radical (unpaired) electrons. The molecule has 0 saturated carbocycles.